The maximum Gasteiger partial charge on any atom is 0.262 e. The van der Waals surface area contributed by atoms with Gasteiger partial charge in [-0.3, -0.25) is 9.59 Å². The highest BCUT2D eigenvalue weighted by molar-refractivity contribution is 6.04. The number of para-hydroxylation sites is 1. The molecule has 0 radical (unpaired) electrons. The molecule has 0 aromatic heterocycles. The first-order valence-electron chi connectivity index (χ1n) is 9.68. The lowest BCUT2D eigenvalue weighted by Gasteiger charge is -2.10. The van der Waals surface area contributed by atoms with Gasteiger partial charge < -0.3 is 15.4 Å². The summed E-state index contributed by atoms with van der Waals surface area (Å²) in [4.78, 5) is 24.6. The number of ether oxygens (including phenoxy) is 1. The zero-order valence-electron chi connectivity index (χ0n) is 16.0. The Balaban J connectivity index is 1.34. The molecule has 5 heteroatoms. The molecule has 0 saturated carbocycles. The number of carbonyl (C=O) groups is 2. The van der Waals surface area contributed by atoms with Gasteiger partial charge in [-0.05, 0) is 66.8 Å². The third-order valence-corrected chi connectivity index (χ3v) is 4.88. The van der Waals surface area contributed by atoms with Gasteiger partial charge in [0.25, 0.3) is 11.8 Å². The minimum Gasteiger partial charge on any atom is -0.484 e. The van der Waals surface area contributed by atoms with Crippen LogP contribution in [0.5, 0.6) is 5.75 Å². The number of carbonyl (C=O) groups excluding carboxylic acids is 2. The molecular formula is C24H22N2O3. The van der Waals surface area contributed by atoms with Crippen molar-refractivity contribution in [2.75, 3.05) is 17.2 Å². The summed E-state index contributed by atoms with van der Waals surface area (Å²) in [5, 5.41) is 5.66. The standard InChI is InChI=1S/C24H22N2O3/c27-23(25-20-8-2-1-3-9-20)16-29-22-11-5-10-21(15-22)26-24(28)19-13-12-17-6-4-7-18(17)14-19/h1-3,5,8-15H,4,6-7,16H2,(H,25,27)(H,26,28). The van der Waals surface area contributed by atoms with E-state index >= 15 is 0 Å². The molecule has 3 aromatic carbocycles. The lowest BCUT2D eigenvalue weighted by Crippen LogP contribution is -2.20. The minimum absolute atomic E-state index is 0.114. The predicted molar refractivity (Wildman–Crippen MR) is 113 cm³/mol. The highest BCUT2D eigenvalue weighted by Crippen LogP contribution is 2.24. The van der Waals surface area contributed by atoms with Crippen molar-refractivity contribution in [3.05, 3.63) is 89.5 Å². The Hall–Kier alpha value is -3.60. The first-order chi connectivity index (χ1) is 14.2. The van der Waals surface area contributed by atoms with E-state index < -0.39 is 0 Å². The summed E-state index contributed by atoms with van der Waals surface area (Å²) < 4.78 is 5.57. The van der Waals surface area contributed by atoms with E-state index in [1.54, 1.807) is 24.3 Å². The van der Waals surface area contributed by atoms with Gasteiger partial charge in [0, 0.05) is 23.0 Å². The van der Waals surface area contributed by atoms with Gasteiger partial charge in [0.1, 0.15) is 5.75 Å². The number of fused-ring (bicyclic) bond motifs is 1. The number of nitrogens with one attached hydrogen (secondary N) is 2. The minimum atomic E-state index is -0.247. The lowest BCUT2D eigenvalue weighted by molar-refractivity contribution is -0.118. The van der Waals surface area contributed by atoms with Crippen molar-refractivity contribution in [3.63, 3.8) is 0 Å². The summed E-state index contributed by atoms with van der Waals surface area (Å²) in [7, 11) is 0. The van der Waals surface area contributed by atoms with Crippen LogP contribution in [-0.2, 0) is 17.6 Å². The number of amides is 2. The summed E-state index contributed by atoms with van der Waals surface area (Å²) in [6.07, 6.45) is 3.27. The van der Waals surface area contributed by atoms with Gasteiger partial charge in [-0.15, -0.1) is 0 Å². The van der Waals surface area contributed by atoms with Crippen molar-refractivity contribution in [2.45, 2.75) is 19.3 Å². The SMILES string of the molecule is O=C(COc1cccc(NC(=O)c2ccc3c(c2)CCC3)c1)Nc1ccccc1. The topological polar surface area (TPSA) is 67.4 Å². The summed E-state index contributed by atoms with van der Waals surface area (Å²) in [5.41, 5.74) is 4.59. The van der Waals surface area contributed by atoms with Crippen LogP contribution < -0.4 is 15.4 Å². The van der Waals surface area contributed by atoms with E-state index in [1.165, 1.54) is 11.1 Å². The van der Waals surface area contributed by atoms with E-state index in [2.05, 4.69) is 10.6 Å². The zero-order chi connectivity index (χ0) is 20.1. The fraction of sp³-hybridized carbons (Fsp3) is 0.167. The van der Waals surface area contributed by atoms with Crippen molar-refractivity contribution in [2.24, 2.45) is 0 Å². The van der Waals surface area contributed by atoms with Crippen molar-refractivity contribution < 1.29 is 14.3 Å². The quantitative estimate of drug-likeness (QED) is 0.658. The van der Waals surface area contributed by atoms with E-state index in [4.69, 9.17) is 4.74 Å². The van der Waals surface area contributed by atoms with Crippen LogP contribution in [0.3, 0.4) is 0 Å². The number of benzene rings is 3. The van der Waals surface area contributed by atoms with Crippen molar-refractivity contribution >= 4 is 23.2 Å². The van der Waals surface area contributed by atoms with Crippen LogP contribution in [0.2, 0.25) is 0 Å². The van der Waals surface area contributed by atoms with E-state index in [1.807, 2.05) is 48.5 Å². The van der Waals surface area contributed by atoms with E-state index in [-0.39, 0.29) is 18.4 Å². The molecule has 2 amide bonds. The Bertz CT molecular complexity index is 1030. The van der Waals surface area contributed by atoms with Crippen LogP contribution in [0, 0.1) is 0 Å². The normalized spacial score (nSPS) is 12.1. The molecule has 1 aliphatic rings. The van der Waals surface area contributed by atoms with Crippen LogP contribution in [0.25, 0.3) is 0 Å². The van der Waals surface area contributed by atoms with Crippen LogP contribution in [0.4, 0.5) is 11.4 Å². The molecule has 4 rings (SSSR count). The van der Waals surface area contributed by atoms with Gasteiger partial charge in [0.2, 0.25) is 0 Å². The number of aryl methyl sites for hydroxylation is 2. The molecule has 146 valence electrons. The van der Waals surface area contributed by atoms with E-state index in [0.29, 0.717) is 17.0 Å². The Morgan fingerprint density at radius 1 is 0.793 bits per heavy atom. The third kappa shape index (κ3) is 4.82. The van der Waals surface area contributed by atoms with Gasteiger partial charge >= 0.3 is 0 Å². The Kier molecular flexibility index (Phi) is 5.56. The molecule has 0 atom stereocenters. The molecule has 0 saturated heterocycles. The van der Waals surface area contributed by atoms with Gasteiger partial charge in [-0.25, -0.2) is 0 Å². The Morgan fingerprint density at radius 2 is 1.59 bits per heavy atom. The molecule has 29 heavy (non-hydrogen) atoms. The molecule has 5 nitrogen and oxygen atoms in total. The third-order valence-electron chi connectivity index (χ3n) is 4.88. The van der Waals surface area contributed by atoms with E-state index in [9.17, 15) is 9.59 Å². The van der Waals surface area contributed by atoms with Crippen molar-refractivity contribution in [3.8, 4) is 5.75 Å². The molecule has 3 aromatic rings. The molecule has 0 heterocycles. The second kappa shape index (κ2) is 8.61. The van der Waals surface area contributed by atoms with Crippen molar-refractivity contribution in [1.82, 2.24) is 0 Å². The van der Waals surface area contributed by atoms with Gasteiger partial charge in [-0.1, -0.05) is 30.3 Å². The van der Waals surface area contributed by atoms with Crippen LogP contribution >= 0.6 is 0 Å². The van der Waals surface area contributed by atoms with Gasteiger partial charge in [0.15, 0.2) is 6.61 Å². The molecule has 2 N–H and O–H groups in total. The molecular weight excluding hydrogens is 364 g/mol. The number of rotatable bonds is 6. The first-order valence-corrected chi connectivity index (χ1v) is 9.68. The van der Waals surface area contributed by atoms with Crippen LogP contribution in [0.1, 0.15) is 27.9 Å². The van der Waals surface area contributed by atoms with Gasteiger partial charge in [-0.2, -0.15) is 0 Å². The fourth-order valence-electron chi connectivity index (χ4n) is 3.45. The highest BCUT2D eigenvalue weighted by Gasteiger charge is 2.14. The van der Waals surface area contributed by atoms with Crippen LogP contribution in [0.15, 0.2) is 72.8 Å². The summed E-state index contributed by atoms with van der Waals surface area (Å²) in [5.74, 6) is 0.113. The molecule has 0 unspecified atom stereocenters. The second-order valence-corrected chi connectivity index (χ2v) is 7.02. The molecule has 0 aliphatic heterocycles. The monoisotopic (exact) mass is 386 g/mol. The molecule has 0 bridgehead atoms. The lowest BCUT2D eigenvalue weighted by atomic mass is 10.1. The maximum absolute atomic E-state index is 12.6. The second-order valence-electron chi connectivity index (χ2n) is 7.02. The first kappa shape index (κ1) is 18.7. The predicted octanol–water partition coefficient (Wildman–Crippen LogP) is 4.45. The summed E-state index contributed by atoms with van der Waals surface area (Å²) >= 11 is 0. The number of hydrogen-bond donors (Lipinski definition) is 2. The highest BCUT2D eigenvalue weighted by atomic mass is 16.5. The number of hydrogen-bond acceptors (Lipinski definition) is 3. The molecule has 0 fully saturated rings. The molecule has 1 aliphatic carbocycles. The van der Waals surface area contributed by atoms with Crippen LogP contribution in [-0.4, -0.2) is 18.4 Å². The van der Waals surface area contributed by atoms with E-state index in [0.717, 1.165) is 24.9 Å². The fourth-order valence-corrected chi connectivity index (χ4v) is 3.45. The number of anilines is 2. The average Bonchev–Trinajstić information content (AvgIpc) is 3.21. The van der Waals surface area contributed by atoms with Gasteiger partial charge in [0.05, 0.1) is 0 Å². The smallest absolute Gasteiger partial charge is 0.262 e. The van der Waals surface area contributed by atoms with Crippen molar-refractivity contribution in [1.29, 1.82) is 0 Å². The Morgan fingerprint density at radius 3 is 2.45 bits per heavy atom. The maximum atomic E-state index is 12.6. The zero-order valence-corrected chi connectivity index (χ0v) is 16.0. The average molecular weight is 386 g/mol. The summed E-state index contributed by atoms with van der Waals surface area (Å²) in [6, 6.07) is 22.1. The molecule has 0 spiro atoms. The summed E-state index contributed by atoms with van der Waals surface area (Å²) in [6.45, 7) is -0.114. The largest absolute Gasteiger partial charge is 0.484 e. The Labute approximate surface area is 169 Å².